The molecule has 2 rings (SSSR count). The first-order valence-electron chi connectivity index (χ1n) is 7.13. The van der Waals surface area contributed by atoms with Crippen LogP contribution >= 0.6 is 0 Å². The second-order valence-corrected chi connectivity index (χ2v) is 6.02. The van der Waals surface area contributed by atoms with Gasteiger partial charge in [0.2, 0.25) is 5.91 Å². The monoisotopic (exact) mass is 286 g/mol. The Morgan fingerprint density at radius 2 is 2.29 bits per heavy atom. The standard InChI is InChI=1S/C17H22N2O2/c1-5-12-8-7-9-13(10-12)19-15(20)17(18)11-14(21-6-2)16(17,3)4/h1,7-10,14H,6,11,18H2,2-4H3,(H,19,20). The molecule has 0 aliphatic heterocycles. The fraction of sp³-hybridized carbons (Fsp3) is 0.471. The van der Waals surface area contributed by atoms with Crippen molar-refractivity contribution in [3.05, 3.63) is 29.8 Å². The van der Waals surface area contributed by atoms with Crippen LogP contribution in [-0.4, -0.2) is 24.2 Å². The van der Waals surface area contributed by atoms with Crippen LogP contribution in [0.3, 0.4) is 0 Å². The Hall–Kier alpha value is -1.83. The van der Waals surface area contributed by atoms with Gasteiger partial charge in [-0.15, -0.1) is 6.42 Å². The van der Waals surface area contributed by atoms with Crippen molar-refractivity contribution in [2.45, 2.75) is 38.8 Å². The van der Waals surface area contributed by atoms with Crippen molar-refractivity contribution in [1.82, 2.24) is 0 Å². The highest BCUT2D eigenvalue weighted by Gasteiger charge is 2.62. The summed E-state index contributed by atoms with van der Waals surface area (Å²) in [7, 11) is 0. The quantitative estimate of drug-likeness (QED) is 0.834. The average Bonchev–Trinajstić information content (AvgIpc) is 2.46. The minimum absolute atomic E-state index is 0.00953. The van der Waals surface area contributed by atoms with E-state index in [0.717, 1.165) is 5.56 Å². The van der Waals surface area contributed by atoms with Gasteiger partial charge in [-0.1, -0.05) is 25.8 Å². The maximum atomic E-state index is 12.5. The zero-order valence-corrected chi connectivity index (χ0v) is 12.8. The van der Waals surface area contributed by atoms with Gasteiger partial charge in [0.15, 0.2) is 0 Å². The second kappa shape index (κ2) is 5.51. The number of hydrogen-bond acceptors (Lipinski definition) is 3. The van der Waals surface area contributed by atoms with Crippen molar-refractivity contribution in [3.63, 3.8) is 0 Å². The summed E-state index contributed by atoms with van der Waals surface area (Å²) in [6, 6.07) is 7.18. The Balaban J connectivity index is 2.12. The number of nitrogens with two attached hydrogens (primary N) is 1. The van der Waals surface area contributed by atoms with Gasteiger partial charge in [-0.05, 0) is 25.1 Å². The third-order valence-electron chi connectivity index (χ3n) is 4.52. The number of anilines is 1. The molecular weight excluding hydrogens is 264 g/mol. The predicted octanol–water partition coefficient (Wildman–Crippen LogP) is 2.14. The minimum Gasteiger partial charge on any atom is -0.378 e. The summed E-state index contributed by atoms with van der Waals surface area (Å²) >= 11 is 0. The Morgan fingerprint density at radius 1 is 1.57 bits per heavy atom. The second-order valence-electron chi connectivity index (χ2n) is 6.02. The zero-order chi connectivity index (χ0) is 15.7. The Kier molecular flexibility index (Phi) is 4.08. The van der Waals surface area contributed by atoms with E-state index < -0.39 is 11.0 Å². The molecule has 1 saturated carbocycles. The lowest BCUT2D eigenvalue weighted by Gasteiger charge is -2.57. The van der Waals surface area contributed by atoms with Crippen molar-refractivity contribution in [3.8, 4) is 12.3 Å². The summed E-state index contributed by atoms with van der Waals surface area (Å²) in [5.74, 6) is 2.35. The number of rotatable bonds is 4. The molecule has 1 aromatic carbocycles. The molecule has 1 aromatic rings. The van der Waals surface area contributed by atoms with Crippen molar-refractivity contribution in [1.29, 1.82) is 0 Å². The van der Waals surface area contributed by atoms with Crippen molar-refractivity contribution < 1.29 is 9.53 Å². The van der Waals surface area contributed by atoms with Gasteiger partial charge in [0, 0.05) is 29.7 Å². The molecule has 0 saturated heterocycles. The molecule has 2 atom stereocenters. The van der Waals surface area contributed by atoms with Gasteiger partial charge in [-0.3, -0.25) is 4.79 Å². The van der Waals surface area contributed by atoms with Gasteiger partial charge in [0.1, 0.15) is 5.54 Å². The van der Waals surface area contributed by atoms with Gasteiger partial charge < -0.3 is 15.8 Å². The summed E-state index contributed by atoms with van der Waals surface area (Å²) in [4.78, 5) is 12.5. The molecule has 1 fully saturated rings. The first-order valence-corrected chi connectivity index (χ1v) is 7.13. The molecule has 0 aromatic heterocycles. The lowest BCUT2D eigenvalue weighted by Crippen LogP contribution is -2.74. The smallest absolute Gasteiger partial charge is 0.245 e. The van der Waals surface area contributed by atoms with Crippen LogP contribution in [0.2, 0.25) is 0 Å². The van der Waals surface area contributed by atoms with Gasteiger partial charge in [0.25, 0.3) is 0 Å². The highest BCUT2D eigenvalue weighted by Crippen LogP contribution is 2.50. The van der Waals surface area contributed by atoms with E-state index in [-0.39, 0.29) is 12.0 Å². The lowest BCUT2D eigenvalue weighted by molar-refractivity contribution is -0.166. The van der Waals surface area contributed by atoms with E-state index in [9.17, 15) is 4.79 Å². The molecule has 3 N–H and O–H groups in total. The molecule has 2 unspecified atom stereocenters. The highest BCUT2D eigenvalue weighted by molar-refractivity contribution is 5.99. The van der Waals surface area contributed by atoms with Gasteiger partial charge >= 0.3 is 0 Å². The first kappa shape index (κ1) is 15.6. The molecule has 4 heteroatoms. The Morgan fingerprint density at radius 3 is 2.86 bits per heavy atom. The van der Waals surface area contributed by atoms with Gasteiger partial charge in [-0.2, -0.15) is 0 Å². The van der Waals surface area contributed by atoms with Crippen LogP contribution in [0.5, 0.6) is 0 Å². The van der Waals surface area contributed by atoms with E-state index in [4.69, 9.17) is 16.9 Å². The molecule has 0 heterocycles. The van der Waals surface area contributed by atoms with Gasteiger partial charge in [0.05, 0.1) is 6.10 Å². The van der Waals surface area contributed by atoms with E-state index >= 15 is 0 Å². The lowest BCUT2D eigenvalue weighted by atomic mass is 9.54. The molecule has 112 valence electrons. The number of ether oxygens (including phenoxy) is 1. The van der Waals surface area contributed by atoms with Crippen LogP contribution in [-0.2, 0) is 9.53 Å². The predicted molar refractivity (Wildman–Crippen MR) is 83.7 cm³/mol. The SMILES string of the molecule is C#Cc1cccc(NC(=O)C2(N)CC(OCC)C2(C)C)c1. The molecule has 1 amide bonds. The van der Waals surface area contributed by atoms with Gasteiger partial charge in [-0.25, -0.2) is 0 Å². The molecule has 0 spiro atoms. The molecule has 0 bridgehead atoms. The molecule has 4 nitrogen and oxygen atoms in total. The molecule has 1 aliphatic carbocycles. The normalized spacial score (nSPS) is 26.5. The van der Waals surface area contributed by atoms with Crippen LogP contribution in [0, 0.1) is 17.8 Å². The summed E-state index contributed by atoms with van der Waals surface area (Å²) in [6.45, 7) is 6.50. The number of amides is 1. The van der Waals surface area contributed by atoms with Crippen LogP contribution in [0.25, 0.3) is 0 Å². The van der Waals surface area contributed by atoms with Crippen molar-refractivity contribution in [2.75, 3.05) is 11.9 Å². The first-order chi connectivity index (χ1) is 9.85. The van der Waals surface area contributed by atoms with Crippen molar-refractivity contribution >= 4 is 11.6 Å². The third kappa shape index (κ3) is 2.55. The van der Waals surface area contributed by atoms with E-state index in [1.165, 1.54) is 0 Å². The molecule has 1 aliphatic rings. The summed E-state index contributed by atoms with van der Waals surface area (Å²) in [6.07, 6.45) is 5.90. The average molecular weight is 286 g/mol. The van der Waals surface area contributed by atoms with Crippen LogP contribution in [0.15, 0.2) is 24.3 Å². The number of hydrogen-bond donors (Lipinski definition) is 2. The van der Waals surface area contributed by atoms with E-state index in [0.29, 0.717) is 18.7 Å². The maximum Gasteiger partial charge on any atom is 0.245 e. The largest absolute Gasteiger partial charge is 0.378 e. The summed E-state index contributed by atoms with van der Waals surface area (Å²) in [5.41, 5.74) is 6.38. The van der Waals surface area contributed by atoms with Crippen molar-refractivity contribution in [2.24, 2.45) is 11.1 Å². The number of carbonyl (C=O) groups is 1. The van der Waals surface area contributed by atoms with E-state index in [1.807, 2.05) is 32.9 Å². The Labute approximate surface area is 126 Å². The minimum atomic E-state index is -0.932. The Bertz CT molecular complexity index is 589. The summed E-state index contributed by atoms with van der Waals surface area (Å²) < 4.78 is 5.64. The maximum absolute atomic E-state index is 12.5. The fourth-order valence-electron chi connectivity index (χ4n) is 2.75. The van der Waals surface area contributed by atoms with Crippen LogP contribution < -0.4 is 11.1 Å². The van der Waals surface area contributed by atoms with Crippen LogP contribution in [0.4, 0.5) is 5.69 Å². The number of carbonyl (C=O) groups excluding carboxylic acids is 1. The fourth-order valence-corrected chi connectivity index (χ4v) is 2.75. The third-order valence-corrected chi connectivity index (χ3v) is 4.52. The number of benzene rings is 1. The number of terminal acetylenes is 1. The highest BCUT2D eigenvalue weighted by atomic mass is 16.5. The molecular formula is C17H22N2O2. The summed E-state index contributed by atoms with van der Waals surface area (Å²) in [5, 5.41) is 2.86. The van der Waals surface area contributed by atoms with E-state index in [1.54, 1.807) is 12.1 Å². The molecule has 21 heavy (non-hydrogen) atoms. The zero-order valence-electron chi connectivity index (χ0n) is 12.8. The topological polar surface area (TPSA) is 64.4 Å². The van der Waals surface area contributed by atoms with Crippen LogP contribution in [0.1, 0.15) is 32.8 Å². The number of nitrogens with one attached hydrogen (secondary N) is 1. The van der Waals surface area contributed by atoms with E-state index in [2.05, 4.69) is 11.2 Å². The molecule has 0 radical (unpaired) electrons.